The number of hydrogen-bond acceptors (Lipinski definition) is 2. The zero-order valence-corrected chi connectivity index (χ0v) is 7.67. The molecule has 4 N–H and O–H groups in total. The van der Waals surface area contributed by atoms with Crippen LogP contribution in [0.1, 0.15) is 13.8 Å². The molecular weight excluding hydrogens is 176 g/mol. The summed E-state index contributed by atoms with van der Waals surface area (Å²) in [7, 11) is -3.13. The van der Waals surface area contributed by atoms with Gasteiger partial charge in [-0.05, 0) is 5.92 Å². The highest BCUT2D eigenvalue weighted by atomic mass is 35.5. The predicted octanol–water partition coefficient (Wildman–Crippen LogP) is 0.527. The smallest absolute Gasteiger partial charge is 0.314 e. The Labute approximate surface area is 65.9 Å². The molecule has 0 aliphatic heterocycles. The van der Waals surface area contributed by atoms with Crippen molar-refractivity contribution in [3.8, 4) is 0 Å². The molecule has 4 nitrogen and oxygen atoms in total. The number of alkyl halides is 1. The fourth-order valence-electron chi connectivity index (χ4n) is 0. The molecule has 0 spiro atoms. The molecule has 0 rings (SSSR count). The SMILES string of the molecule is CC(C)C(N)Cl.O=[PH](O)O. The molecule has 64 valence electrons. The second-order valence-corrected chi connectivity index (χ2v) is 3.04. The summed E-state index contributed by atoms with van der Waals surface area (Å²) in [6, 6.07) is 0. The van der Waals surface area contributed by atoms with E-state index in [4.69, 9.17) is 31.7 Å². The van der Waals surface area contributed by atoms with Crippen molar-refractivity contribution >= 4 is 19.9 Å². The van der Waals surface area contributed by atoms with Gasteiger partial charge in [-0.1, -0.05) is 13.8 Å². The van der Waals surface area contributed by atoms with Crippen LogP contribution in [0.15, 0.2) is 0 Å². The van der Waals surface area contributed by atoms with Crippen molar-refractivity contribution in [2.75, 3.05) is 0 Å². The minimum absolute atomic E-state index is 0.176. The van der Waals surface area contributed by atoms with E-state index in [-0.39, 0.29) is 5.50 Å². The molecule has 0 aliphatic carbocycles. The maximum Gasteiger partial charge on any atom is 0.314 e. The first-order valence-electron chi connectivity index (χ1n) is 2.69. The Balaban J connectivity index is 0. The second kappa shape index (κ2) is 7.51. The van der Waals surface area contributed by atoms with Crippen LogP contribution in [0.5, 0.6) is 0 Å². The van der Waals surface area contributed by atoms with Gasteiger partial charge in [-0.25, -0.2) is 0 Å². The number of halogens is 1. The van der Waals surface area contributed by atoms with Crippen LogP contribution in [0.4, 0.5) is 0 Å². The molecule has 0 heterocycles. The molecule has 0 radical (unpaired) electrons. The third kappa shape index (κ3) is 23.8. The van der Waals surface area contributed by atoms with Crippen molar-refractivity contribution in [1.29, 1.82) is 0 Å². The van der Waals surface area contributed by atoms with Crippen LogP contribution < -0.4 is 5.73 Å². The summed E-state index contributed by atoms with van der Waals surface area (Å²) in [5.41, 5.74) is 5.02. The lowest BCUT2D eigenvalue weighted by Gasteiger charge is -2.03. The summed E-state index contributed by atoms with van der Waals surface area (Å²) in [6.07, 6.45) is 0. The van der Waals surface area contributed by atoms with Gasteiger partial charge >= 0.3 is 8.25 Å². The van der Waals surface area contributed by atoms with Gasteiger partial charge in [0.2, 0.25) is 0 Å². The number of nitrogens with two attached hydrogens (primary N) is 1. The average molecular weight is 190 g/mol. The standard InChI is InChI=1S/C4H10ClN.H3O3P/c1-3(2)4(5)6;1-4(2)3/h3-4H,6H2,1-2H3;4H,(H2,1,2,3). The van der Waals surface area contributed by atoms with E-state index in [1.165, 1.54) is 0 Å². The van der Waals surface area contributed by atoms with Crippen molar-refractivity contribution in [3.63, 3.8) is 0 Å². The Morgan fingerprint density at radius 3 is 1.60 bits per heavy atom. The zero-order valence-electron chi connectivity index (χ0n) is 5.91. The van der Waals surface area contributed by atoms with Crippen molar-refractivity contribution in [1.82, 2.24) is 0 Å². The Kier molecular flexibility index (Phi) is 9.78. The van der Waals surface area contributed by atoms with Gasteiger partial charge in [0.25, 0.3) is 0 Å². The molecule has 0 aromatic rings. The van der Waals surface area contributed by atoms with Crippen LogP contribution in [0, 0.1) is 5.92 Å². The largest absolute Gasteiger partial charge is 0.326 e. The average Bonchev–Trinajstić information content (AvgIpc) is 1.63. The Morgan fingerprint density at radius 1 is 1.50 bits per heavy atom. The maximum absolute atomic E-state index is 8.74. The summed E-state index contributed by atoms with van der Waals surface area (Å²) in [4.78, 5) is 14.3. The van der Waals surface area contributed by atoms with Gasteiger partial charge in [0, 0.05) is 0 Å². The molecule has 1 unspecified atom stereocenters. The minimum Gasteiger partial charge on any atom is -0.326 e. The lowest BCUT2D eigenvalue weighted by molar-refractivity contribution is 0.405. The first-order valence-corrected chi connectivity index (χ1v) is 4.43. The zero-order chi connectivity index (χ0) is 8.73. The minimum atomic E-state index is -3.13. The monoisotopic (exact) mass is 189 g/mol. The molecule has 10 heavy (non-hydrogen) atoms. The number of hydrogen-bond donors (Lipinski definition) is 3. The fourth-order valence-corrected chi connectivity index (χ4v) is 0. The van der Waals surface area contributed by atoms with Gasteiger partial charge < -0.3 is 15.5 Å². The van der Waals surface area contributed by atoms with Crippen molar-refractivity contribution < 1.29 is 14.4 Å². The number of rotatable bonds is 1. The Hall–Kier alpha value is 0.400. The second-order valence-electron chi connectivity index (χ2n) is 1.97. The molecule has 0 aromatic carbocycles. The van der Waals surface area contributed by atoms with E-state index in [0.29, 0.717) is 5.92 Å². The summed E-state index contributed by atoms with van der Waals surface area (Å²) >= 11 is 5.39. The van der Waals surface area contributed by atoms with Crippen LogP contribution in [-0.4, -0.2) is 15.3 Å². The van der Waals surface area contributed by atoms with E-state index in [2.05, 4.69) is 0 Å². The molecule has 0 amide bonds. The normalized spacial score (nSPS) is 12.8. The van der Waals surface area contributed by atoms with E-state index in [0.717, 1.165) is 0 Å². The van der Waals surface area contributed by atoms with Gasteiger partial charge in [0.1, 0.15) is 0 Å². The molecule has 0 saturated carbocycles. The highest BCUT2D eigenvalue weighted by Crippen LogP contribution is 2.00. The van der Waals surface area contributed by atoms with E-state index in [1.54, 1.807) is 0 Å². The molecular formula is C4H13ClNO3P. The first kappa shape index (κ1) is 13.0. The molecule has 6 heteroatoms. The molecule has 1 atom stereocenters. The first-order chi connectivity index (χ1) is 4.37. The van der Waals surface area contributed by atoms with Crippen LogP contribution in [0.2, 0.25) is 0 Å². The van der Waals surface area contributed by atoms with Crippen LogP contribution >= 0.6 is 19.9 Å². The van der Waals surface area contributed by atoms with Gasteiger partial charge in [0.15, 0.2) is 0 Å². The highest BCUT2D eigenvalue weighted by Gasteiger charge is 1.98. The lowest BCUT2D eigenvalue weighted by Crippen LogP contribution is -2.18. The topological polar surface area (TPSA) is 83.6 Å². The van der Waals surface area contributed by atoms with Gasteiger partial charge in [-0.15, -0.1) is 11.6 Å². The highest BCUT2D eigenvalue weighted by molar-refractivity contribution is 7.30. The summed E-state index contributed by atoms with van der Waals surface area (Å²) in [5.74, 6) is 0.395. The van der Waals surface area contributed by atoms with Crippen molar-refractivity contribution in [3.05, 3.63) is 0 Å². The van der Waals surface area contributed by atoms with Gasteiger partial charge in [0.05, 0.1) is 5.50 Å². The summed E-state index contributed by atoms with van der Waals surface area (Å²) in [6.45, 7) is 3.97. The van der Waals surface area contributed by atoms with Crippen LogP contribution in [-0.2, 0) is 4.57 Å². The third-order valence-corrected chi connectivity index (χ3v) is 1.14. The quantitative estimate of drug-likeness (QED) is 0.319. The molecule has 0 aliphatic rings. The molecule has 0 fully saturated rings. The Bertz CT molecular complexity index is 88.5. The van der Waals surface area contributed by atoms with E-state index in [9.17, 15) is 0 Å². The van der Waals surface area contributed by atoms with E-state index >= 15 is 0 Å². The van der Waals surface area contributed by atoms with Crippen LogP contribution in [0.25, 0.3) is 0 Å². The van der Waals surface area contributed by atoms with Crippen LogP contribution in [0.3, 0.4) is 0 Å². The molecule has 0 saturated heterocycles. The predicted molar refractivity (Wildman–Crippen MR) is 42.1 cm³/mol. The molecule has 0 aromatic heterocycles. The van der Waals surface area contributed by atoms with Gasteiger partial charge in [-0.3, -0.25) is 4.57 Å². The van der Waals surface area contributed by atoms with E-state index in [1.807, 2.05) is 13.8 Å². The van der Waals surface area contributed by atoms with Crippen molar-refractivity contribution in [2.45, 2.75) is 19.3 Å². The molecule has 0 bridgehead atoms. The van der Waals surface area contributed by atoms with Crippen molar-refractivity contribution in [2.24, 2.45) is 11.7 Å². The summed E-state index contributed by atoms with van der Waals surface area (Å²) in [5, 5.41) is 0. The fraction of sp³-hybridized carbons (Fsp3) is 1.00. The third-order valence-electron chi connectivity index (χ3n) is 0.637. The lowest BCUT2D eigenvalue weighted by atomic mass is 10.2. The van der Waals surface area contributed by atoms with Gasteiger partial charge in [-0.2, -0.15) is 0 Å². The van der Waals surface area contributed by atoms with E-state index < -0.39 is 8.25 Å². The summed E-state index contributed by atoms with van der Waals surface area (Å²) < 4.78 is 8.74. The maximum atomic E-state index is 8.74. The Morgan fingerprint density at radius 2 is 1.60 bits per heavy atom.